The van der Waals surface area contributed by atoms with Crippen LogP contribution in [-0.4, -0.2) is 36.7 Å². The van der Waals surface area contributed by atoms with Gasteiger partial charge in [0.1, 0.15) is 5.82 Å². The summed E-state index contributed by atoms with van der Waals surface area (Å²) in [5.74, 6) is -0.432. The predicted octanol–water partition coefficient (Wildman–Crippen LogP) is 2.93. The van der Waals surface area contributed by atoms with Gasteiger partial charge in [-0.3, -0.25) is 4.90 Å². The van der Waals surface area contributed by atoms with Crippen molar-refractivity contribution in [2.24, 2.45) is 0 Å². The lowest BCUT2D eigenvalue weighted by molar-refractivity contribution is -0.139. The Balaban J connectivity index is 2.04. The molecule has 2 aromatic rings. The lowest BCUT2D eigenvalue weighted by atomic mass is 10.1. The van der Waals surface area contributed by atoms with Gasteiger partial charge in [0.2, 0.25) is 0 Å². The number of methoxy groups -OCH3 is 1. The van der Waals surface area contributed by atoms with Crippen LogP contribution in [0.2, 0.25) is 0 Å². The molecule has 1 N–H and O–H groups in total. The molecule has 128 valence electrons. The highest BCUT2D eigenvalue weighted by atomic mass is 19.1. The molecule has 2 aromatic carbocycles. The number of benzene rings is 2. The summed E-state index contributed by atoms with van der Waals surface area (Å²) in [5.41, 5.74) is 1.58. The lowest BCUT2D eigenvalue weighted by Crippen LogP contribution is -2.18. The molecule has 0 spiro atoms. The quantitative estimate of drug-likeness (QED) is 0.805. The van der Waals surface area contributed by atoms with Crippen molar-refractivity contribution in [1.82, 2.24) is 4.90 Å². The van der Waals surface area contributed by atoms with Gasteiger partial charge in [0.15, 0.2) is 18.1 Å². The van der Waals surface area contributed by atoms with Gasteiger partial charge in [-0.15, -0.1) is 0 Å². The van der Waals surface area contributed by atoms with Gasteiger partial charge in [0.25, 0.3) is 0 Å². The highest BCUT2D eigenvalue weighted by Crippen LogP contribution is 2.28. The summed E-state index contributed by atoms with van der Waals surface area (Å²) in [4.78, 5) is 12.6. The smallest absolute Gasteiger partial charge is 0.341 e. The maximum Gasteiger partial charge on any atom is 0.341 e. The van der Waals surface area contributed by atoms with Crippen molar-refractivity contribution in [2.45, 2.75) is 13.1 Å². The SMILES string of the molecule is COc1cc(CN(C)Cc2ccccc2F)ccc1OCC(=O)O. The maximum atomic E-state index is 13.7. The second kappa shape index (κ2) is 8.31. The van der Waals surface area contributed by atoms with Crippen LogP contribution in [-0.2, 0) is 17.9 Å². The molecule has 0 aromatic heterocycles. The van der Waals surface area contributed by atoms with Crippen molar-refractivity contribution in [2.75, 3.05) is 20.8 Å². The molecule has 0 fully saturated rings. The average Bonchev–Trinajstić information content (AvgIpc) is 2.55. The van der Waals surface area contributed by atoms with Crippen LogP contribution >= 0.6 is 0 Å². The largest absolute Gasteiger partial charge is 0.493 e. The van der Waals surface area contributed by atoms with Crippen molar-refractivity contribution >= 4 is 5.97 Å². The van der Waals surface area contributed by atoms with Gasteiger partial charge < -0.3 is 14.6 Å². The van der Waals surface area contributed by atoms with Crippen molar-refractivity contribution in [3.8, 4) is 11.5 Å². The first kappa shape index (κ1) is 17.7. The monoisotopic (exact) mass is 333 g/mol. The van der Waals surface area contributed by atoms with Crippen LogP contribution in [0.1, 0.15) is 11.1 Å². The van der Waals surface area contributed by atoms with E-state index in [1.807, 2.05) is 24.1 Å². The van der Waals surface area contributed by atoms with Crippen LogP contribution < -0.4 is 9.47 Å². The Morgan fingerprint density at radius 3 is 2.58 bits per heavy atom. The summed E-state index contributed by atoms with van der Waals surface area (Å²) < 4.78 is 24.1. The number of carboxylic acids is 1. The molecular weight excluding hydrogens is 313 g/mol. The summed E-state index contributed by atoms with van der Waals surface area (Å²) in [7, 11) is 3.39. The predicted molar refractivity (Wildman–Crippen MR) is 87.7 cm³/mol. The van der Waals surface area contributed by atoms with Gasteiger partial charge in [0, 0.05) is 18.7 Å². The third kappa shape index (κ3) is 4.96. The topological polar surface area (TPSA) is 59.0 Å². The minimum absolute atomic E-state index is 0.223. The number of hydrogen-bond donors (Lipinski definition) is 1. The molecule has 0 saturated carbocycles. The highest BCUT2D eigenvalue weighted by molar-refractivity contribution is 5.68. The van der Waals surface area contributed by atoms with Crippen LogP contribution in [0.3, 0.4) is 0 Å². The fourth-order valence-corrected chi connectivity index (χ4v) is 2.35. The van der Waals surface area contributed by atoms with E-state index in [4.69, 9.17) is 14.6 Å². The third-order valence-corrected chi connectivity index (χ3v) is 3.43. The lowest BCUT2D eigenvalue weighted by Gasteiger charge is -2.18. The van der Waals surface area contributed by atoms with Crippen molar-refractivity contribution in [3.05, 3.63) is 59.4 Å². The van der Waals surface area contributed by atoms with E-state index >= 15 is 0 Å². The summed E-state index contributed by atoms with van der Waals surface area (Å²) in [5, 5.41) is 8.67. The Kier molecular flexibility index (Phi) is 6.14. The van der Waals surface area contributed by atoms with Gasteiger partial charge in [0.05, 0.1) is 7.11 Å². The summed E-state index contributed by atoms with van der Waals surface area (Å²) >= 11 is 0. The minimum atomic E-state index is -1.05. The van der Waals surface area contributed by atoms with Gasteiger partial charge in [-0.2, -0.15) is 0 Å². The molecule has 6 heteroatoms. The number of halogens is 1. The molecule has 0 atom stereocenters. The first-order chi connectivity index (χ1) is 11.5. The number of ether oxygens (including phenoxy) is 2. The maximum absolute atomic E-state index is 13.7. The summed E-state index contributed by atoms with van der Waals surface area (Å²) in [6, 6.07) is 12.0. The van der Waals surface area contributed by atoms with Crippen LogP contribution in [0.4, 0.5) is 4.39 Å². The molecule has 2 rings (SSSR count). The Morgan fingerprint density at radius 2 is 1.92 bits per heavy atom. The molecule has 0 aliphatic heterocycles. The highest BCUT2D eigenvalue weighted by Gasteiger charge is 2.10. The van der Waals surface area contributed by atoms with Gasteiger partial charge in [-0.25, -0.2) is 9.18 Å². The number of rotatable bonds is 8. The van der Waals surface area contributed by atoms with E-state index in [0.717, 1.165) is 5.56 Å². The van der Waals surface area contributed by atoms with E-state index < -0.39 is 12.6 Å². The normalized spacial score (nSPS) is 10.7. The molecule has 5 nitrogen and oxygen atoms in total. The molecule has 0 heterocycles. The number of nitrogens with zero attached hydrogens (tertiary/aromatic N) is 1. The zero-order valence-electron chi connectivity index (χ0n) is 13.7. The van der Waals surface area contributed by atoms with Crippen LogP contribution in [0, 0.1) is 5.82 Å². The molecule has 0 aliphatic rings. The molecule has 24 heavy (non-hydrogen) atoms. The Labute approximate surface area is 140 Å². The van der Waals surface area contributed by atoms with E-state index in [0.29, 0.717) is 30.2 Å². The zero-order valence-corrected chi connectivity index (χ0v) is 13.7. The Bertz CT molecular complexity index is 705. The van der Waals surface area contributed by atoms with E-state index in [9.17, 15) is 9.18 Å². The molecule has 0 aliphatic carbocycles. The Hall–Kier alpha value is -2.60. The second-order valence-corrected chi connectivity index (χ2v) is 5.43. The average molecular weight is 333 g/mol. The second-order valence-electron chi connectivity index (χ2n) is 5.43. The van der Waals surface area contributed by atoms with Crippen molar-refractivity contribution < 1.29 is 23.8 Å². The standard InChI is InChI=1S/C18H20FNO4/c1-20(11-14-5-3-4-6-15(14)19)10-13-7-8-16(17(9-13)23-2)24-12-18(21)22/h3-9H,10-12H2,1-2H3,(H,21,22). The Morgan fingerprint density at radius 1 is 1.17 bits per heavy atom. The molecule has 0 radical (unpaired) electrons. The fraction of sp³-hybridized carbons (Fsp3) is 0.278. The number of carbonyl (C=O) groups is 1. The number of aliphatic carboxylic acids is 1. The van der Waals surface area contributed by atoms with E-state index in [1.54, 1.807) is 24.3 Å². The first-order valence-electron chi connectivity index (χ1n) is 7.43. The molecular formula is C18H20FNO4. The summed E-state index contributed by atoms with van der Waals surface area (Å²) in [6.45, 7) is 0.638. The van der Waals surface area contributed by atoms with Crippen LogP contribution in [0.25, 0.3) is 0 Å². The van der Waals surface area contributed by atoms with Gasteiger partial charge in [-0.05, 0) is 30.8 Å². The van der Waals surface area contributed by atoms with Gasteiger partial charge >= 0.3 is 5.97 Å². The molecule has 0 unspecified atom stereocenters. The minimum Gasteiger partial charge on any atom is -0.493 e. The molecule has 0 amide bonds. The van der Waals surface area contributed by atoms with E-state index in [2.05, 4.69) is 0 Å². The van der Waals surface area contributed by atoms with E-state index in [-0.39, 0.29) is 5.82 Å². The van der Waals surface area contributed by atoms with E-state index in [1.165, 1.54) is 13.2 Å². The van der Waals surface area contributed by atoms with Crippen molar-refractivity contribution in [1.29, 1.82) is 0 Å². The molecule has 0 bridgehead atoms. The fourth-order valence-electron chi connectivity index (χ4n) is 2.35. The first-order valence-corrected chi connectivity index (χ1v) is 7.43. The van der Waals surface area contributed by atoms with Crippen LogP contribution in [0.15, 0.2) is 42.5 Å². The number of carboxylic acid groups (broad SMARTS) is 1. The molecule has 0 saturated heterocycles. The van der Waals surface area contributed by atoms with Crippen LogP contribution in [0.5, 0.6) is 11.5 Å². The zero-order chi connectivity index (χ0) is 17.5. The third-order valence-electron chi connectivity index (χ3n) is 3.43. The van der Waals surface area contributed by atoms with Crippen molar-refractivity contribution in [3.63, 3.8) is 0 Å². The van der Waals surface area contributed by atoms with Gasteiger partial charge in [-0.1, -0.05) is 24.3 Å². The summed E-state index contributed by atoms with van der Waals surface area (Å²) in [6.07, 6.45) is 0. The number of hydrogen-bond acceptors (Lipinski definition) is 4.